The molecule has 1 aliphatic rings. The normalized spacial score (nSPS) is 17.7. The number of amides is 1. The van der Waals surface area contributed by atoms with E-state index in [-0.39, 0.29) is 12.5 Å². The average molecular weight is 215 g/mol. The number of methoxy groups -OCH3 is 1. The summed E-state index contributed by atoms with van der Waals surface area (Å²) in [5.41, 5.74) is 0. The molecule has 0 N–H and O–H groups in total. The topological polar surface area (TPSA) is 38.8 Å². The van der Waals surface area contributed by atoms with Crippen LogP contribution in [0.4, 0.5) is 0 Å². The molecule has 4 nitrogen and oxygen atoms in total. The fourth-order valence-corrected chi connectivity index (χ4v) is 1.77. The number of rotatable bonds is 5. The van der Waals surface area contributed by atoms with E-state index in [1.54, 1.807) is 12.0 Å². The van der Waals surface area contributed by atoms with Gasteiger partial charge in [0, 0.05) is 33.9 Å². The van der Waals surface area contributed by atoms with Gasteiger partial charge in [0.2, 0.25) is 5.91 Å². The van der Waals surface area contributed by atoms with E-state index >= 15 is 0 Å². The Balaban J connectivity index is 2.14. The molecule has 0 aliphatic carbocycles. The maximum Gasteiger partial charge on any atom is 0.248 e. The van der Waals surface area contributed by atoms with Gasteiger partial charge in [0.15, 0.2) is 0 Å². The Kier molecular flexibility index (Phi) is 5.65. The summed E-state index contributed by atoms with van der Waals surface area (Å²) in [6.07, 6.45) is 3.34. The smallest absolute Gasteiger partial charge is 0.248 e. The van der Waals surface area contributed by atoms with Crippen LogP contribution in [-0.2, 0) is 14.3 Å². The summed E-state index contributed by atoms with van der Waals surface area (Å²) < 4.78 is 10.1. The predicted molar refractivity (Wildman–Crippen MR) is 57.7 cm³/mol. The fourth-order valence-electron chi connectivity index (χ4n) is 1.77. The van der Waals surface area contributed by atoms with Gasteiger partial charge < -0.3 is 14.4 Å². The molecule has 1 amide bonds. The van der Waals surface area contributed by atoms with Crippen molar-refractivity contribution < 1.29 is 14.3 Å². The summed E-state index contributed by atoms with van der Waals surface area (Å²) in [6.45, 7) is 2.76. The summed E-state index contributed by atoms with van der Waals surface area (Å²) in [5, 5.41) is 0. The highest BCUT2D eigenvalue weighted by molar-refractivity contribution is 5.77. The minimum Gasteiger partial charge on any atom is -0.381 e. The van der Waals surface area contributed by atoms with Gasteiger partial charge in [-0.25, -0.2) is 0 Å². The number of nitrogens with zero attached hydrogens (tertiary/aromatic N) is 1. The molecular formula is C11H21NO3. The first-order chi connectivity index (χ1) is 7.24. The molecule has 0 aromatic rings. The van der Waals surface area contributed by atoms with Crippen molar-refractivity contribution in [2.75, 3.05) is 40.5 Å². The van der Waals surface area contributed by atoms with Gasteiger partial charge in [0.1, 0.15) is 6.61 Å². The lowest BCUT2D eigenvalue weighted by atomic mass is 9.96. The molecule has 0 radical (unpaired) electrons. The fraction of sp³-hybridized carbons (Fsp3) is 0.909. The van der Waals surface area contributed by atoms with E-state index in [9.17, 15) is 4.79 Å². The maximum atomic E-state index is 11.4. The van der Waals surface area contributed by atoms with Crippen LogP contribution in [0, 0.1) is 5.92 Å². The van der Waals surface area contributed by atoms with Crippen molar-refractivity contribution in [3.8, 4) is 0 Å². The van der Waals surface area contributed by atoms with Crippen molar-refractivity contribution in [1.82, 2.24) is 4.90 Å². The second kappa shape index (κ2) is 6.80. The van der Waals surface area contributed by atoms with Gasteiger partial charge in [-0.15, -0.1) is 0 Å². The van der Waals surface area contributed by atoms with Crippen molar-refractivity contribution in [1.29, 1.82) is 0 Å². The zero-order valence-electron chi connectivity index (χ0n) is 9.70. The minimum absolute atomic E-state index is 0.0598. The number of hydrogen-bond donors (Lipinski definition) is 0. The van der Waals surface area contributed by atoms with E-state index in [0.717, 1.165) is 44.9 Å². The Morgan fingerprint density at radius 2 is 2.13 bits per heavy atom. The van der Waals surface area contributed by atoms with E-state index in [2.05, 4.69) is 0 Å². The van der Waals surface area contributed by atoms with Crippen LogP contribution in [0.3, 0.4) is 0 Å². The Morgan fingerprint density at radius 3 is 2.73 bits per heavy atom. The molecule has 0 unspecified atom stereocenters. The highest BCUT2D eigenvalue weighted by Crippen LogP contribution is 2.18. The van der Waals surface area contributed by atoms with E-state index in [1.807, 2.05) is 7.05 Å². The number of carbonyl (C=O) groups is 1. The highest BCUT2D eigenvalue weighted by atomic mass is 16.5. The zero-order valence-corrected chi connectivity index (χ0v) is 9.70. The van der Waals surface area contributed by atoms with E-state index in [1.165, 1.54) is 0 Å². The molecule has 1 fully saturated rings. The van der Waals surface area contributed by atoms with E-state index < -0.39 is 0 Å². The van der Waals surface area contributed by atoms with Crippen molar-refractivity contribution in [3.05, 3.63) is 0 Å². The summed E-state index contributed by atoms with van der Waals surface area (Å²) in [6, 6.07) is 0. The van der Waals surface area contributed by atoms with Crippen LogP contribution < -0.4 is 0 Å². The number of likely N-dealkylation sites (N-methyl/N-ethyl adjacent to an activating group) is 1. The lowest BCUT2D eigenvalue weighted by molar-refractivity contribution is -0.134. The van der Waals surface area contributed by atoms with Crippen molar-refractivity contribution >= 4 is 5.91 Å². The van der Waals surface area contributed by atoms with E-state index in [0.29, 0.717) is 0 Å². The Labute approximate surface area is 91.5 Å². The van der Waals surface area contributed by atoms with Gasteiger partial charge in [-0.05, 0) is 25.2 Å². The van der Waals surface area contributed by atoms with Crippen LogP contribution in [0.1, 0.15) is 19.3 Å². The third-order valence-electron chi connectivity index (χ3n) is 2.91. The van der Waals surface area contributed by atoms with Gasteiger partial charge in [0.25, 0.3) is 0 Å². The van der Waals surface area contributed by atoms with Gasteiger partial charge in [-0.1, -0.05) is 0 Å². The molecule has 1 saturated heterocycles. The molecule has 0 atom stereocenters. The molecule has 15 heavy (non-hydrogen) atoms. The SMILES string of the molecule is COCC(=O)N(C)CCC1CCOCC1. The van der Waals surface area contributed by atoms with Crippen molar-refractivity contribution in [2.45, 2.75) is 19.3 Å². The predicted octanol–water partition coefficient (Wildman–Crippen LogP) is 0.908. The first-order valence-corrected chi connectivity index (χ1v) is 5.54. The van der Waals surface area contributed by atoms with Crippen LogP contribution in [0.15, 0.2) is 0 Å². The molecule has 0 saturated carbocycles. The van der Waals surface area contributed by atoms with Crippen LogP contribution in [0.2, 0.25) is 0 Å². The average Bonchev–Trinajstić information content (AvgIpc) is 2.27. The minimum atomic E-state index is 0.0598. The molecule has 0 aromatic carbocycles. The maximum absolute atomic E-state index is 11.4. The second-order valence-corrected chi connectivity index (χ2v) is 4.09. The molecule has 1 aliphatic heterocycles. The first-order valence-electron chi connectivity index (χ1n) is 5.54. The summed E-state index contributed by atoms with van der Waals surface area (Å²) >= 11 is 0. The quantitative estimate of drug-likeness (QED) is 0.684. The van der Waals surface area contributed by atoms with Crippen molar-refractivity contribution in [3.63, 3.8) is 0 Å². The molecule has 0 spiro atoms. The molecule has 1 rings (SSSR count). The summed E-state index contributed by atoms with van der Waals surface area (Å²) in [7, 11) is 3.38. The lowest BCUT2D eigenvalue weighted by Gasteiger charge is -2.24. The Morgan fingerprint density at radius 1 is 1.47 bits per heavy atom. The number of hydrogen-bond acceptors (Lipinski definition) is 3. The largest absolute Gasteiger partial charge is 0.381 e. The zero-order chi connectivity index (χ0) is 11.1. The first kappa shape index (κ1) is 12.5. The monoisotopic (exact) mass is 215 g/mol. The third kappa shape index (κ3) is 4.62. The Bertz CT molecular complexity index is 190. The molecule has 4 heteroatoms. The lowest BCUT2D eigenvalue weighted by Crippen LogP contribution is -2.32. The van der Waals surface area contributed by atoms with Crippen LogP contribution in [0.25, 0.3) is 0 Å². The van der Waals surface area contributed by atoms with Crippen LogP contribution >= 0.6 is 0 Å². The van der Waals surface area contributed by atoms with Crippen LogP contribution in [-0.4, -0.2) is 51.3 Å². The number of carbonyl (C=O) groups excluding carboxylic acids is 1. The molecule has 1 heterocycles. The number of ether oxygens (including phenoxy) is 2. The molecule has 0 aromatic heterocycles. The summed E-state index contributed by atoms with van der Waals surface area (Å²) in [4.78, 5) is 13.1. The second-order valence-electron chi connectivity index (χ2n) is 4.09. The molecule has 88 valence electrons. The van der Waals surface area contributed by atoms with Gasteiger partial charge >= 0.3 is 0 Å². The van der Waals surface area contributed by atoms with Crippen LogP contribution in [0.5, 0.6) is 0 Å². The summed E-state index contributed by atoms with van der Waals surface area (Å²) in [5.74, 6) is 0.779. The third-order valence-corrected chi connectivity index (χ3v) is 2.91. The molecule has 0 bridgehead atoms. The Hall–Kier alpha value is -0.610. The molecular weight excluding hydrogens is 194 g/mol. The standard InChI is InChI=1S/C11H21NO3/c1-12(11(13)9-14-2)6-3-10-4-7-15-8-5-10/h10H,3-9H2,1-2H3. The highest BCUT2D eigenvalue weighted by Gasteiger charge is 2.15. The van der Waals surface area contributed by atoms with Gasteiger partial charge in [0.05, 0.1) is 0 Å². The van der Waals surface area contributed by atoms with Gasteiger partial charge in [-0.3, -0.25) is 4.79 Å². The van der Waals surface area contributed by atoms with Crippen molar-refractivity contribution in [2.24, 2.45) is 5.92 Å². The van der Waals surface area contributed by atoms with E-state index in [4.69, 9.17) is 9.47 Å². The van der Waals surface area contributed by atoms with Gasteiger partial charge in [-0.2, -0.15) is 0 Å².